The van der Waals surface area contributed by atoms with Gasteiger partial charge < -0.3 is 9.30 Å². The van der Waals surface area contributed by atoms with Gasteiger partial charge in [-0.25, -0.2) is 9.18 Å². The first-order valence-corrected chi connectivity index (χ1v) is 8.10. The van der Waals surface area contributed by atoms with Crippen LogP contribution in [0.15, 0.2) is 54.6 Å². The Hall–Kier alpha value is -3.39. The van der Waals surface area contributed by atoms with Crippen molar-refractivity contribution < 1.29 is 13.9 Å². The largest absolute Gasteiger partial charge is 0.457 e. The molecule has 0 saturated heterocycles. The molecule has 0 N–H and O–H groups in total. The summed E-state index contributed by atoms with van der Waals surface area (Å²) in [7, 11) is 0. The Morgan fingerprint density at radius 1 is 1.12 bits per heavy atom. The highest BCUT2D eigenvalue weighted by molar-refractivity contribution is 5.91. The van der Waals surface area contributed by atoms with Crippen molar-refractivity contribution in [2.75, 3.05) is 0 Å². The number of carbonyl (C=O) groups excluding carboxylic acids is 1. The molecule has 0 fully saturated rings. The minimum atomic E-state index is -0.421. The summed E-state index contributed by atoms with van der Waals surface area (Å²) in [6.45, 7) is 3.84. The van der Waals surface area contributed by atoms with Gasteiger partial charge in [0.05, 0.1) is 17.2 Å². The molecule has 0 aliphatic carbocycles. The summed E-state index contributed by atoms with van der Waals surface area (Å²) in [4.78, 5) is 12.5. The molecule has 130 valence electrons. The number of hydrogen-bond acceptors (Lipinski definition) is 3. The van der Waals surface area contributed by atoms with E-state index >= 15 is 0 Å². The lowest BCUT2D eigenvalue weighted by Gasteiger charge is -2.10. The molecule has 0 atom stereocenters. The number of halogens is 1. The van der Waals surface area contributed by atoms with Crippen molar-refractivity contribution >= 4 is 5.97 Å². The Kier molecular flexibility index (Phi) is 4.85. The highest BCUT2D eigenvalue weighted by Gasteiger charge is 2.18. The summed E-state index contributed by atoms with van der Waals surface area (Å²) >= 11 is 0. The summed E-state index contributed by atoms with van der Waals surface area (Å²) in [5, 5.41) is 8.80. The Bertz CT molecular complexity index is 981. The van der Waals surface area contributed by atoms with Gasteiger partial charge in [-0.15, -0.1) is 0 Å². The monoisotopic (exact) mass is 348 g/mol. The smallest absolute Gasteiger partial charge is 0.340 e. The van der Waals surface area contributed by atoms with Crippen molar-refractivity contribution in [1.82, 2.24) is 4.57 Å². The van der Waals surface area contributed by atoms with E-state index in [4.69, 9.17) is 10.00 Å². The van der Waals surface area contributed by atoms with Gasteiger partial charge in [-0.2, -0.15) is 5.26 Å². The van der Waals surface area contributed by atoms with Gasteiger partial charge in [0, 0.05) is 17.1 Å². The second-order valence-electron chi connectivity index (χ2n) is 5.98. The first kappa shape index (κ1) is 17.4. The molecule has 0 aliphatic rings. The molecule has 0 radical (unpaired) electrons. The normalized spacial score (nSPS) is 10.4. The lowest BCUT2D eigenvalue weighted by atomic mass is 10.1. The number of aryl methyl sites for hydroxylation is 1. The highest BCUT2D eigenvalue weighted by atomic mass is 19.1. The van der Waals surface area contributed by atoms with Crippen molar-refractivity contribution in [3.05, 3.63) is 88.5 Å². The fourth-order valence-corrected chi connectivity index (χ4v) is 2.86. The maximum atomic E-state index is 13.1. The summed E-state index contributed by atoms with van der Waals surface area (Å²) in [5.41, 5.74) is 4.22. The van der Waals surface area contributed by atoms with E-state index in [1.165, 1.54) is 12.1 Å². The van der Waals surface area contributed by atoms with Crippen LogP contribution in [0.2, 0.25) is 0 Å². The Balaban J connectivity index is 1.78. The number of nitrogens with zero attached hydrogens (tertiary/aromatic N) is 2. The van der Waals surface area contributed by atoms with Crippen molar-refractivity contribution in [1.29, 1.82) is 5.26 Å². The molecule has 0 aliphatic heterocycles. The minimum absolute atomic E-state index is 0.130. The van der Waals surface area contributed by atoms with Crippen LogP contribution in [0.25, 0.3) is 5.69 Å². The first-order valence-electron chi connectivity index (χ1n) is 8.10. The lowest BCUT2D eigenvalue weighted by Crippen LogP contribution is -2.07. The zero-order valence-corrected chi connectivity index (χ0v) is 14.5. The van der Waals surface area contributed by atoms with Crippen LogP contribution >= 0.6 is 0 Å². The first-order chi connectivity index (χ1) is 12.5. The molecular formula is C21H17FN2O2. The standard InChI is InChI=1S/C21H17FN2O2/c1-14-11-20(15(2)24(14)19-9-7-18(22)8-10-19)21(25)26-13-17-5-3-16(12-23)4-6-17/h3-11H,13H2,1-2H3. The van der Waals surface area contributed by atoms with E-state index in [0.29, 0.717) is 11.1 Å². The van der Waals surface area contributed by atoms with Crippen molar-refractivity contribution in [3.63, 3.8) is 0 Å². The van der Waals surface area contributed by atoms with Crippen LogP contribution in [0, 0.1) is 31.0 Å². The Labute approximate surface area is 151 Å². The summed E-state index contributed by atoms with van der Waals surface area (Å²) < 4.78 is 20.4. The molecule has 3 aromatic rings. The maximum Gasteiger partial charge on any atom is 0.340 e. The third-order valence-corrected chi connectivity index (χ3v) is 4.19. The third-order valence-electron chi connectivity index (χ3n) is 4.19. The quantitative estimate of drug-likeness (QED) is 0.654. The van der Waals surface area contributed by atoms with Crippen molar-refractivity contribution in [2.24, 2.45) is 0 Å². The molecular weight excluding hydrogens is 331 g/mol. The zero-order chi connectivity index (χ0) is 18.7. The predicted molar refractivity (Wildman–Crippen MR) is 95.5 cm³/mol. The molecule has 26 heavy (non-hydrogen) atoms. The number of nitriles is 1. The number of hydrogen-bond donors (Lipinski definition) is 0. The van der Waals surface area contributed by atoms with Crippen LogP contribution in [0.1, 0.15) is 32.9 Å². The van der Waals surface area contributed by atoms with Crippen molar-refractivity contribution in [3.8, 4) is 11.8 Å². The summed E-state index contributed by atoms with van der Waals surface area (Å²) in [5.74, 6) is -0.728. The summed E-state index contributed by atoms with van der Waals surface area (Å²) in [6, 6.07) is 16.8. The average Bonchev–Trinajstić information content (AvgIpc) is 2.95. The second-order valence-corrected chi connectivity index (χ2v) is 5.98. The highest BCUT2D eigenvalue weighted by Crippen LogP contribution is 2.22. The molecule has 0 unspecified atom stereocenters. The van der Waals surface area contributed by atoms with E-state index in [-0.39, 0.29) is 12.4 Å². The van der Waals surface area contributed by atoms with Crippen LogP contribution in [0.3, 0.4) is 0 Å². The van der Waals surface area contributed by atoms with Gasteiger partial charge in [0.15, 0.2) is 0 Å². The number of carbonyl (C=O) groups is 1. The molecule has 2 aromatic carbocycles. The molecule has 0 amide bonds. The van der Waals surface area contributed by atoms with Crippen LogP contribution in [0.5, 0.6) is 0 Å². The number of esters is 1. The SMILES string of the molecule is Cc1cc(C(=O)OCc2ccc(C#N)cc2)c(C)n1-c1ccc(F)cc1. The Morgan fingerprint density at radius 3 is 2.38 bits per heavy atom. The fraction of sp³-hybridized carbons (Fsp3) is 0.143. The van der Waals surface area contributed by atoms with E-state index in [1.807, 2.05) is 24.5 Å². The molecule has 0 bridgehead atoms. The van der Waals surface area contributed by atoms with Crippen molar-refractivity contribution in [2.45, 2.75) is 20.5 Å². The van der Waals surface area contributed by atoms with Crippen LogP contribution in [0.4, 0.5) is 4.39 Å². The topological polar surface area (TPSA) is 55.0 Å². The van der Waals surface area contributed by atoms with Gasteiger partial charge >= 0.3 is 5.97 Å². The second kappa shape index (κ2) is 7.24. The summed E-state index contributed by atoms with van der Waals surface area (Å²) in [6.07, 6.45) is 0. The van der Waals surface area contributed by atoms with Crippen LogP contribution in [-0.4, -0.2) is 10.5 Å². The molecule has 1 heterocycles. The molecule has 1 aromatic heterocycles. The van der Waals surface area contributed by atoms with E-state index in [0.717, 1.165) is 22.6 Å². The molecule has 0 spiro atoms. The van der Waals surface area contributed by atoms with Gasteiger partial charge in [0.1, 0.15) is 12.4 Å². The average molecular weight is 348 g/mol. The molecule has 5 heteroatoms. The third kappa shape index (κ3) is 3.50. The van der Waals surface area contributed by atoms with Gasteiger partial charge in [-0.3, -0.25) is 0 Å². The van der Waals surface area contributed by atoms with Gasteiger partial charge in [0.2, 0.25) is 0 Å². The number of benzene rings is 2. The van der Waals surface area contributed by atoms with Gasteiger partial charge in [0.25, 0.3) is 0 Å². The number of rotatable bonds is 4. The van der Waals surface area contributed by atoms with Crippen LogP contribution < -0.4 is 0 Å². The maximum absolute atomic E-state index is 13.1. The molecule has 3 rings (SSSR count). The predicted octanol–water partition coefficient (Wildman–Crippen LogP) is 4.46. The van der Waals surface area contributed by atoms with E-state index < -0.39 is 5.97 Å². The molecule has 4 nitrogen and oxygen atoms in total. The van der Waals surface area contributed by atoms with E-state index in [1.54, 1.807) is 42.5 Å². The zero-order valence-electron chi connectivity index (χ0n) is 14.5. The number of aromatic nitrogens is 1. The minimum Gasteiger partial charge on any atom is -0.457 e. The van der Waals surface area contributed by atoms with E-state index in [9.17, 15) is 9.18 Å². The molecule has 0 saturated carbocycles. The van der Waals surface area contributed by atoms with E-state index in [2.05, 4.69) is 0 Å². The van der Waals surface area contributed by atoms with Gasteiger partial charge in [-0.1, -0.05) is 12.1 Å². The van der Waals surface area contributed by atoms with Gasteiger partial charge in [-0.05, 0) is 61.9 Å². The van der Waals surface area contributed by atoms with Crippen LogP contribution in [-0.2, 0) is 11.3 Å². The lowest BCUT2D eigenvalue weighted by molar-refractivity contribution is 0.0472. The number of ether oxygens (including phenoxy) is 1. The fourth-order valence-electron chi connectivity index (χ4n) is 2.86. The Morgan fingerprint density at radius 2 is 1.77 bits per heavy atom.